The van der Waals surface area contributed by atoms with E-state index in [0.29, 0.717) is 22.3 Å². The summed E-state index contributed by atoms with van der Waals surface area (Å²) in [6, 6.07) is 40.3. The standard InChI is InChI=1S/C54H50O14/c1-33(55)29-63-49(57)43-17-5-37(6-18-43)38-9-21-45(22-10-38)51(59)65-31-35(3)68-54(62)48-27-15-42(16-28-48)40-11-23-46(24-12-40)52(60)66-32-36(4)67-53(61)47-25-13-41(14-26-47)39-7-19-44(20-8-39)50(58)64-30-34(2)56/h5-28,33-36,55-56H,29-32H2,1-4H3. The van der Waals surface area contributed by atoms with Crippen LogP contribution in [-0.2, 0) is 28.4 Å². The molecule has 0 heterocycles. The average molecular weight is 923 g/mol. The zero-order chi connectivity index (χ0) is 48.7. The Morgan fingerprint density at radius 3 is 0.676 bits per heavy atom. The summed E-state index contributed by atoms with van der Waals surface area (Å²) in [5.74, 6) is -3.45. The first kappa shape index (κ1) is 49.5. The van der Waals surface area contributed by atoms with Gasteiger partial charge in [0.15, 0.2) is 0 Å². The maximum Gasteiger partial charge on any atom is 0.338 e. The number of hydrogen-bond acceptors (Lipinski definition) is 14. The second-order valence-corrected chi connectivity index (χ2v) is 16.0. The number of rotatable bonds is 19. The molecule has 0 bridgehead atoms. The summed E-state index contributed by atoms with van der Waals surface area (Å²) >= 11 is 0. The van der Waals surface area contributed by atoms with E-state index in [2.05, 4.69) is 0 Å². The first-order chi connectivity index (χ1) is 32.6. The molecule has 6 aromatic carbocycles. The van der Waals surface area contributed by atoms with E-state index in [1.807, 2.05) is 0 Å². The van der Waals surface area contributed by atoms with E-state index in [0.717, 1.165) is 33.4 Å². The topological polar surface area (TPSA) is 198 Å². The van der Waals surface area contributed by atoms with Crippen molar-refractivity contribution in [1.82, 2.24) is 0 Å². The molecule has 0 aromatic heterocycles. The Hall–Kier alpha value is -7.94. The summed E-state index contributed by atoms with van der Waals surface area (Å²) in [5.41, 5.74) is 6.68. The van der Waals surface area contributed by atoms with Crippen molar-refractivity contribution in [1.29, 1.82) is 0 Å². The van der Waals surface area contributed by atoms with Crippen LogP contribution in [0.5, 0.6) is 0 Å². The van der Waals surface area contributed by atoms with Gasteiger partial charge in [0.25, 0.3) is 0 Å². The number of carbonyl (C=O) groups excluding carboxylic acids is 6. The van der Waals surface area contributed by atoms with Crippen LogP contribution >= 0.6 is 0 Å². The molecule has 4 unspecified atom stereocenters. The van der Waals surface area contributed by atoms with Crippen molar-refractivity contribution < 1.29 is 67.4 Å². The third-order valence-electron chi connectivity index (χ3n) is 10.1. The fraction of sp³-hybridized carbons (Fsp3) is 0.222. The third-order valence-corrected chi connectivity index (χ3v) is 10.1. The normalized spacial score (nSPS) is 12.6. The molecule has 6 aromatic rings. The molecular formula is C54H50O14. The summed E-state index contributed by atoms with van der Waals surface area (Å²) < 4.78 is 31.9. The summed E-state index contributed by atoms with van der Waals surface area (Å²) in [6.07, 6.45) is -2.99. The van der Waals surface area contributed by atoms with Crippen molar-refractivity contribution in [2.24, 2.45) is 0 Å². The van der Waals surface area contributed by atoms with Gasteiger partial charge in [-0.05, 0) is 134 Å². The average Bonchev–Trinajstić information content (AvgIpc) is 3.36. The Balaban J connectivity index is 0.903. The molecule has 0 spiro atoms. The highest BCUT2D eigenvalue weighted by atomic mass is 16.6. The maximum absolute atomic E-state index is 12.9. The van der Waals surface area contributed by atoms with Crippen LogP contribution in [0.15, 0.2) is 146 Å². The lowest BCUT2D eigenvalue weighted by molar-refractivity contribution is 0.00444. The van der Waals surface area contributed by atoms with E-state index in [1.54, 1.807) is 159 Å². The minimum absolute atomic E-state index is 0.0961. The number of esters is 6. The van der Waals surface area contributed by atoms with Gasteiger partial charge in [-0.15, -0.1) is 0 Å². The van der Waals surface area contributed by atoms with Gasteiger partial charge in [-0.1, -0.05) is 72.8 Å². The van der Waals surface area contributed by atoms with E-state index < -0.39 is 60.2 Å². The van der Waals surface area contributed by atoms with Gasteiger partial charge in [-0.3, -0.25) is 0 Å². The molecule has 4 atom stereocenters. The van der Waals surface area contributed by atoms with Gasteiger partial charge < -0.3 is 38.6 Å². The second kappa shape index (κ2) is 23.5. The van der Waals surface area contributed by atoms with Crippen molar-refractivity contribution >= 4 is 35.8 Å². The van der Waals surface area contributed by atoms with Crippen LogP contribution in [-0.4, -0.2) is 96.9 Å². The summed E-state index contributed by atoms with van der Waals surface area (Å²) in [6.45, 7) is 5.75. The van der Waals surface area contributed by atoms with Crippen molar-refractivity contribution in [2.45, 2.75) is 52.1 Å². The predicted molar refractivity (Wildman–Crippen MR) is 250 cm³/mol. The van der Waals surface area contributed by atoms with Crippen LogP contribution in [0.2, 0.25) is 0 Å². The minimum Gasteiger partial charge on any atom is -0.459 e. The molecule has 0 saturated heterocycles. The maximum atomic E-state index is 12.9. The van der Waals surface area contributed by atoms with Gasteiger partial charge >= 0.3 is 35.8 Å². The van der Waals surface area contributed by atoms with Gasteiger partial charge in [0.1, 0.15) is 38.6 Å². The van der Waals surface area contributed by atoms with Crippen LogP contribution in [0.1, 0.15) is 89.8 Å². The van der Waals surface area contributed by atoms with E-state index in [1.165, 1.54) is 13.8 Å². The molecule has 0 aliphatic carbocycles. The Kier molecular flexibility index (Phi) is 17.1. The van der Waals surface area contributed by atoms with Crippen LogP contribution in [0.4, 0.5) is 0 Å². The monoisotopic (exact) mass is 922 g/mol. The number of benzene rings is 6. The van der Waals surface area contributed by atoms with Crippen LogP contribution in [0.25, 0.3) is 33.4 Å². The van der Waals surface area contributed by atoms with E-state index in [9.17, 15) is 39.0 Å². The van der Waals surface area contributed by atoms with E-state index in [-0.39, 0.29) is 37.6 Å². The largest absolute Gasteiger partial charge is 0.459 e. The van der Waals surface area contributed by atoms with Gasteiger partial charge in [-0.2, -0.15) is 0 Å². The highest BCUT2D eigenvalue weighted by Gasteiger charge is 2.19. The lowest BCUT2D eigenvalue weighted by atomic mass is 10.0. The number of aliphatic hydroxyl groups excluding tert-OH is 2. The lowest BCUT2D eigenvalue weighted by Gasteiger charge is -2.14. The molecule has 0 fully saturated rings. The molecule has 14 heteroatoms. The molecule has 2 N–H and O–H groups in total. The quantitative estimate of drug-likeness (QED) is 0.0579. The van der Waals surface area contributed by atoms with Crippen molar-refractivity contribution in [3.63, 3.8) is 0 Å². The Morgan fingerprint density at radius 1 is 0.309 bits per heavy atom. The molecule has 350 valence electrons. The fourth-order valence-corrected chi connectivity index (χ4v) is 6.47. The third kappa shape index (κ3) is 14.0. The van der Waals surface area contributed by atoms with E-state index >= 15 is 0 Å². The number of carbonyl (C=O) groups is 6. The molecular weight excluding hydrogens is 873 g/mol. The molecule has 0 radical (unpaired) electrons. The van der Waals surface area contributed by atoms with Gasteiger partial charge in [0.2, 0.25) is 0 Å². The lowest BCUT2D eigenvalue weighted by Crippen LogP contribution is -2.22. The van der Waals surface area contributed by atoms with E-state index in [4.69, 9.17) is 28.4 Å². The first-order valence-corrected chi connectivity index (χ1v) is 21.7. The molecule has 14 nitrogen and oxygen atoms in total. The zero-order valence-electron chi connectivity index (χ0n) is 37.8. The van der Waals surface area contributed by atoms with Crippen molar-refractivity contribution in [3.05, 3.63) is 179 Å². The van der Waals surface area contributed by atoms with Crippen LogP contribution in [0.3, 0.4) is 0 Å². The predicted octanol–water partition coefficient (Wildman–Crippen LogP) is 8.57. The molecule has 68 heavy (non-hydrogen) atoms. The molecule has 6 rings (SSSR count). The Labute approximate surface area is 393 Å². The summed E-state index contributed by atoms with van der Waals surface area (Å²) in [4.78, 5) is 75.5. The van der Waals surface area contributed by atoms with Crippen LogP contribution in [0, 0.1) is 0 Å². The number of aliphatic hydroxyl groups is 2. The molecule has 0 aliphatic heterocycles. The minimum atomic E-state index is -0.758. The van der Waals surface area contributed by atoms with Crippen molar-refractivity contribution in [3.8, 4) is 33.4 Å². The van der Waals surface area contributed by atoms with Crippen molar-refractivity contribution in [2.75, 3.05) is 26.4 Å². The van der Waals surface area contributed by atoms with Crippen LogP contribution < -0.4 is 0 Å². The number of hydrogen-bond donors (Lipinski definition) is 2. The molecule has 0 aliphatic rings. The second-order valence-electron chi connectivity index (χ2n) is 16.0. The SMILES string of the molecule is CC(O)COC(=O)c1ccc(-c2ccc(C(=O)OCC(C)OC(=O)c3ccc(-c4ccc(C(=O)OCC(C)OC(=O)c5ccc(-c6ccc(C(=O)OCC(C)O)cc6)cc5)cc4)cc3)cc2)cc1. The molecule has 0 amide bonds. The summed E-state index contributed by atoms with van der Waals surface area (Å²) in [5, 5.41) is 18.6. The number of ether oxygens (including phenoxy) is 6. The summed E-state index contributed by atoms with van der Waals surface area (Å²) in [7, 11) is 0. The first-order valence-electron chi connectivity index (χ1n) is 21.7. The van der Waals surface area contributed by atoms with Gasteiger partial charge in [0, 0.05) is 0 Å². The smallest absolute Gasteiger partial charge is 0.338 e. The molecule has 0 saturated carbocycles. The highest BCUT2D eigenvalue weighted by Crippen LogP contribution is 2.24. The zero-order valence-corrected chi connectivity index (χ0v) is 37.8. The Morgan fingerprint density at radius 2 is 0.485 bits per heavy atom. The highest BCUT2D eigenvalue weighted by molar-refractivity contribution is 5.94. The van der Waals surface area contributed by atoms with Gasteiger partial charge in [-0.25, -0.2) is 28.8 Å². The fourth-order valence-electron chi connectivity index (χ4n) is 6.47. The van der Waals surface area contributed by atoms with Gasteiger partial charge in [0.05, 0.1) is 45.6 Å². The Bertz CT molecular complexity index is 2670.